The molecule has 0 saturated carbocycles. The number of carbonyl (C=O) groups is 3. The van der Waals surface area contributed by atoms with E-state index in [9.17, 15) is 14.4 Å². The van der Waals surface area contributed by atoms with Gasteiger partial charge >= 0.3 is 11.9 Å². The molecule has 8 heteroatoms. The number of methoxy groups -OCH3 is 1. The maximum atomic E-state index is 14.6. The average molecular weight is 582 g/mol. The summed E-state index contributed by atoms with van der Waals surface area (Å²) < 4.78 is 22.4. The standard InChI is InChI=1S/C35H35NO7/c1-5-41-34(38)29-21(3)36-28-20-27(22-12-10-16-25(18-22)40-4)31(35(39)42-6-2)33(37)32(28)30(29)23-13-11-17-26(19-23)43-24-14-8-7-9-15-24/h7-19,27,30-31,36H,5-6,20H2,1-4H3/t27-,30-,31+/m1/s1. The molecule has 0 bridgehead atoms. The van der Waals surface area contributed by atoms with Crippen LogP contribution in [0.25, 0.3) is 0 Å². The normalized spacial score (nSPS) is 19.7. The van der Waals surface area contributed by atoms with E-state index in [-0.39, 0.29) is 13.2 Å². The SMILES string of the molecule is CCOC(=O)C1=C(C)NC2=C(C(=O)[C@@H](C(=O)OCC)[C@@H](c3cccc(OC)c3)C2)[C@@H]1c1cccc(Oc2ccccc2)c1. The van der Waals surface area contributed by atoms with E-state index in [2.05, 4.69) is 5.32 Å². The number of rotatable bonds is 9. The maximum absolute atomic E-state index is 14.6. The van der Waals surface area contributed by atoms with Crippen molar-refractivity contribution in [3.8, 4) is 17.2 Å². The topological polar surface area (TPSA) is 100 Å². The van der Waals surface area contributed by atoms with Crippen LogP contribution in [0.3, 0.4) is 0 Å². The highest BCUT2D eigenvalue weighted by atomic mass is 16.5. The van der Waals surface area contributed by atoms with Gasteiger partial charge in [0.25, 0.3) is 0 Å². The highest BCUT2D eigenvalue weighted by Gasteiger charge is 2.49. The number of Topliss-reactive ketones (excluding diaryl/α,β-unsaturated/α-hetero) is 1. The summed E-state index contributed by atoms with van der Waals surface area (Å²) in [4.78, 5) is 41.5. The lowest BCUT2D eigenvalue weighted by Gasteiger charge is -2.39. The minimum Gasteiger partial charge on any atom is -0.497 e. The van der Waals surface area contributed by atoms with E-state index in [4.69, 9.17) is 18.9 Å². The van der Waals surface area contributed by atoms with Crippen LogP contribution in [0.1, 0.15) is 50.2 Å². The van der Waals surface area contributed by atoms with Gasteiger partial charge in [0.2, 0.25) is 0 Å². The lowest BCUT2D eigenvalue weighted by atomic mass is 9.67. The molecule has 1 heterocycles. The number of para-hydroxylation sites is 1. The van der Waals surface area contributed by atoms with Gasteiger partial charge in [-0.3, -0.25) is 9.59 Å². The Morgan fingerprint density at radius 1 is 0.837 bits per heavy atom. The molecule has 1 N–H and O–H groups in total. The maximum Gasteiger partial charge on any atom is 0.336 e. The summed E-state index contributed by atoms with van der Waals surface area (Å²) in [6, 6.07) is 24.0. The summed E-state index contributed by atoms with van der Waals surface area (Å²) in [5, 5.41) is 3.34. The number of esters is 2. The van der Waals surface area contributed by atoms with Crippen LogP contribution in [-0.2, 0) is 23.9 Å². The van der Waals surface area contributed by atoms with Crippen LogP contribution in [0.5, 0.6) is 17.2 Å². The Morgan fingerprint density at radius 2 is 1.49 bits per heavy atom. The Kier molecular flexibility index (Phi) is 8.95. The van der Waals surface area contributed by atoms with E-state index < -0.39 is 35.5 Å². The monoisotopic (exact) mass is 581 g/mol. The van der Waals surface area contributed by atoms with Crippen molar-refractivity contribution in [1.82, 2.24) is 5.32 Å². The van der Waals surface area contributed by atoms with Crippen LogP contribution in [0.15, 0.2) is 101 Å². The predicted octanol–water partition coefficient (Wildman–Crippen LogP) is 6.20. The predicted molar refractivity (Wildman–Crippen MR) is 161 cm³/mol. The second kappa shape index (κ2) is 13.0. The van der Waals surface area contributed by atoms with Gasteiger partial charge in [0.15, 0.2) is 5.78 Å². The summed E-state index contributed by atoms with van der Waals surface area (Å²) in [5.74, 6) is -2.11. The highest BCUT2D eigenvalue weighted by molar-refractivity contribution is 6.13. The fourth-order valence-corrected chi connectivity index (χ4v) is 5.92. The molecule has 0 fully saturated rings. The molecule has 3 aromatic rings. The van der Waals surface area contributed by atoms with E-state index in [1.54, 1.807) is 27.9 Å². The first-order valence-electron chi connectivity index (χ1n) is 14.4. The Morgan fingerprint density at radius 3 is 2.19 bits per heavy atom. The fraction of sp³-hybridized carbons (Fsp3) is 0.286. The first-order valence-corrected chi connectivity index (χ1v) is 14.4. The Balaban J connectivity index is 1.65. The number of hydrogen-bond acceptors (Lipinski definition) is 8. The van der Waals surface area contributed by atoms with E-state index in [0.717, 1.165) is 5.56 Å². The molecule has 43 heavy (non-hydrogen) atoms. The number of ether oxygens (including phenoxy) is 4. The Labute approximate surface area is 251 Å². The summed E-state index contributed by atoms with van der Waals surface area (Å²) >= 11 is 0. The number of ketones is 1. The largest absolute Gasteiger partial charge is 0.497 e. The lowest BCUT2D eigenvalue weighted by molar-refractivity contribution is -0.152. The van der Waals surface area contributed by atoms with Crippen molar-refractivity contribution in [3.05, 3.63) is 113 Å². The highest BCUT2D eigenvalue weighted by Crippen LogP contribution is 2.49. The van der Waals surface area contributed by atoms with Gasteiger partial charge in [0.1, 0.15) is 23.2 Å². The second-order valence-corrected chi connectivity index (χ2v) is 10.4. The van der Waals surface area contributed by atoms with Gasteiger partial charge in [-0.15, -0.1) is 0 Å². The van der Waals surface area contributed by atoms with Crippen molar-refractivity contribution in [2.75, 3.05) is 20.3 Å². The summed E-state index contributed by atoms with van der Waals surface area (Å²) in [6.07, 6.45) is 0.349. The molecule has 0 saturated heterocycles. The molecule has 3 atom stereocenters. The molecule has 0 radical (unpaired) electrons. The van der Waals surface area contributed by atoms with Crippen molar-refractivity contribution in [1.29, 1.82) is 0 Å². The smallest absolute Gasteiger partial charge is 0.336 e. The minimum absolute atomic E-state index is 0.132. The zero-order valence-electron chi connectivity index (χ0n) is 24.7. The van der Waals surface area contributed by atoms with Gasteiger partial charge in [0.05, 0.1) is 25.9 Å². The van der Waals surface area contributed by atoms with Crippen molar-refractivity contribution in [2.24, 2.45) is 5.92 Å². The van der Waals surface area contributed by atoms with Gasteiger partial charge in [-0.1, -0.05) is 42.5 Å². The van der Waals surface area contributed by atoms with Gasteiger partial charge < -0.3 is 24.3 Å². The van der Waals surface area contributed by atoms with Crippen LogP contribution < -0.4 is 14.8 Å². The second-order valence-electron chi connectivity index (χ2n) is 10.4. The number of nitrogens with one attached hydrogen (secondary N) is 1. The van der Waals surface area contributed by atoms with Gasteiger partial charge in [-0.25, -0.2) is 4.79 Å². The van der Waals surface area contributed by atoms with E-state index in [0.29, 0.717) is 51.8 Å². The summed E-state index contributed by atoms with van der Waals surface area (Å²) in [7, 11) is 1.57. The Hall–Kier alpha value is -4.85. The molecule has 222 valence electrons. The molecular formula is C35H35NO7. The first kappa shape index (κ1) is 29.6. The zero-order valence-corrected chi connectivity index (χ0v) is 24.7. The minimum atomic E-state index is -1.11. The van der Waals surface area contributed by atoms with E-state index in [1.165, 1.54) is 0 Å². The third-order valence-electron chi connectivity index (χ3n) is 7.75. The van der Waals surface area contributed by atoms with Crippen molar-refractivity contribution in [2.45, 2.75) is 39.0 Å². The Bertz CT molecular complexity index is 1590. The van der Waals surface area contributed by atoms with Crippen LogP contribution >= 0.6 is 0 Å². The molecule has 0 amide bonds. The summed E-state index contributed by atoms with van der Waals surface area (Å²) in [6.45, 7) is 5.55. The molecule has 2 aliphatic rings. The molecule has 1 aliphatic heterocycles. The van der Waals surface area contributed by atoms with Gasteiger partial charge in [0, 0.05) is 28.8 Å². The first-order chi connectivity index (χ1) is 20.9. The zero-order chi connectivity index (χ0) is 30.5. The number of allylic oxidation sites excluding steroid dienone is 3. The third kappa shape index (κ3) is 6.04. The lowest BCUT2D eigenvalue weighted by Crippen LogP contribution is -2.43. The van der Waals surface area contributed by atoms with Crippen molar-refractivity contribution in [3.63, 3.8) is 0 Å². The van der Waals surface area contributed by atoms with Crippen LogP contribution in [-0.4, -0.2) is 38.0 Å². The van der Waals surface area contributed by atoms with Crippen LogP contribution in [0.2, 0.25) is 0 Å². The quantitative estimate of drug-likeness (QED) is 0.236. The molecule has 0 spiro atoms. The van der Waals surface area contributed by atoms with Gasteiger partial charge in [-0.05, 0) is 74.7 Å². The molecular weight excluding hydrogens is 546 g/mol. The molecule has 0 unspecified atom stereocenters. The third-order valence-corrected chi connectivity index (χ3v) is 7.75. The van der Waals surface area contributed by atoms with Crippen LogP contribution in [0, 0.1) is 5.92 Å². The van der Waals surface area contributed by atoms with Gasteiger partial charge in [-0.2, -0.15) is 0 Å². The van der Waals surface area contributed by atoms with Crippen molar-refractivity contribution < 1.29 is 33.3 Å². The van der Waals surface area contributed by atoms with E-state index >= 15 is 0 Å². The molecule has 3 aromatic carbocycles. The van der Waals surface area contributed by atoms with E-state index in [1.807, 2.05) is 78.9 Å². The number of carbonyl (C=O) groups excluding carboxylic acids is 3. The average Bonchev–Trinajstić information content (AvgIpc) is 3.01. The number of benzene rings is 3. The van der Waals surface area contributed by atoms with Crippen LogP contribution in [0.4, 0.5) is 0 Å². The molecule has 0 aromatic heterocycles. The fourth-order valence-electron chi connectivity index (χ4n) is 5.92. The number of dihydropyridines is 1. The van der Waals surface area contributed by atoms with Crippen molar-refractivity contribution >= 4 is 17.7 Å². The molecule has 1 aliphatic carbocycles. The number of hydrogen-bond donors (Lipinski definition) is 1. The molecule has 8 nitrogen and oxygen atoms in total. The summed E-state index contributed by atoms with van der Waals surface area (Å²) in [5.41, 5.74) is 3.36. The molecule has 5 rings (SSSR count).